The Morgan fingerprint density at radius 2 is 1.89 bits per heavy atom. The van der Waals surface area contributed by atoms with Crippen molar-refractivity contribution < 1.29 is 14.3 Å². The number of rotatable bonds is 5. The SMILES string of the molecule is COc1ccc([C@H](c2c(NC(C)=O)sc3c2CCCC3)N2CCOCC2)cc1. The molecule has 0 radical (unpaired) electrons. The first-order valence-electron chi connectivity index (χ1n) is 10.0. The molecule has 1 aromatic carbocycles. The minimum absolute atomic E-state index is 0.00435. The lowest BCUT2D eigenvalue weighted by molar-refractivity contribution is -0.114. The molecule has 1 amide bonds. The van der Waals surface area contributed by atoms with Gasteiger partial charge in [0.15, 0.2) is 0 Å². The molecule has 6 heteroatoms. The topological polar surface area (TPSA) is 50.8 Å². The maximum Gasteiger partial charge on any atom is 0.221 e. The van der Waals surface area contributed by atoms with Gasteiger partial charge < -0.3 is 14.8 Å². The number of anilines is 1. The predicted molar refractivity (Wildman–Crippen MR) is 112 cm³/mol. The van der Waals surface area contributed by atoms with Crippen LogP contribution in [-0.4, -0.2) is 44.2 Å². The third-order valence-corrected chi connectivity index (χ3v) is 6.84. The third kappa shape index (κ3) is 3.95. The standard InChI is InChI=1S/C22H28N2O3S/c1-15(25)23-22-20(18-5-3-4-6-19(18)28-22)21(24-11-13-27-14-12-24)16-7-9-17(26-2)10-8-16/h7-10,21H,3-6,11-14H2,1-2H3,(H,23,25)/t21-/m1/s1. The normalized spacial score (nSPS) is 18.4. The lowest BCUT2D eigenvalue weighted by Gasteiger charge is -2.36. The molecule has 28 heavy (non-hydrogen) atoms. The van der Waals surface area contributed by atoms with E-state index in [-0.39, 0.29) is 11.9 Å². The summed E-state index contributed by atoms with van der Waals surface area (Å²) in [5, 5.41) is 4.16. The molecule has 2 aromatic rings. The molecule has 5 nitrogen and oxygen atoms in total. The average molecular weight is 401 g/mol. The van der Waals surface area contributed by atoms with E-state index in [0.29, 0.717) is 0 Å². The number of thiophene rings is 1. The Balaban J connectivity index is 1.83. The molecule has 4 rings (SSSR count). The second-order valence-electron chi connectivity index (χ2n) is 7.46. The first-order chi connectivity index (χ1) is 13.7. The van der Waals surface area contributed by atoms with E-state index in [2.05, 4.69) is 22.3 Å². The molecule has 1 N–H and O–H groups in total. The number of ether oxygens (including phenoxy) is 2. The number of amides is 1. The highest BCUT2D eigenvalue weighted by molar-refractivity contribution is 7.16. The van der Waals surface area contributed by atoms with Gasteiger partial charge in [-0.25, -0.2) is 0 Å². The van der Waals surface area contributed by atoms with Gasteiger partial charge in [-0.05, 0) is 48.9 Å². The number of benzene rings is 1. The van der Waals surface area contributed by atoms with E-state index in [1.807, 2.05) is 12.1 Å². The minimum Gasteiger partial charge on any atom is -0.497 e. The predicted octanol–water partition coefficient (Wildman–Crippen LogP) is 4.02. The summed E-state index contributed by atoms with van der Waals surface area (Å²) in [4.78, 5) is 15.9. The highest BCUT2D eigenvalue weighted by Gasteiger charge is 2.32. The van der Waals surface area contributed by atoms with Gasteiger partial charge in [0, 0.05) is 30.5 Å². The number of carbonyl (C=O) groups is 1. The van der Waals surface area contributed by atoms with E-state index in [1.165, 1.54) is 34.4 Å². The number of carbonyl (C=O) groups excluding carboxylic acids is 1. The number of methoxy groups -OCH3 is 1. The lowest BCUT2D eigenvalue weighted by Crippen LogP contribution is -2.40. The zero-order chi connectivity index (χ0) is 19.5. The van der Waals surface area contributed by atoms with Gasteiger partial charge in [-0.3, -0.25) is 9.69 Å². The lowest BCUT2D eigenvalue weighted by atomic mass is 9.88. The van der Waals surface area contributed by atoms with Crippen LogP contribution in [0.15, 0.2) is 24.3 Å². The first kappa shape index (κ1) is 19.4. The van der Waals surface area contributed by atoms with Crippen molar-refractivity contribution in [3.8, 4) is 5.75 Å². The molecule has 0 unspecified atom stereocenters. The van der Waals surface area contributed by atoms with Crippen LogP contribution in [0.3, 0.4) is 0 Å². The van der Waals surface area contributed by atoms with Crippen LogP contribution in [0, 0.1) is 0 Å². The van der Waals surface area contributed by atoms with Crippen molar-refractivity contribution in [2.75, 3.05) is 38.7 Å². The molecule has 1 saturated heterocycles. The number of hydrogen-bond acceptors (Lipinski definition) is 5. The van der Waals surface area contributed by atoms with Crippen LogP contribution >= 0.6 is 11.3 Å². The fraction of sp³-hybridized carbons (Fsp3) is 0.500. The highest BCUT2D eigenvalue weighted by atomic mass is 32.1. The molecule has 1 atom stereocenters. The second-order valence-corrected chi connectivity index (χ2v) is 8.56. The molecular formula is C22H28N2O3S. The van der Waals surface area contributed by atoms with Crippen molar-refractivity contribution in [2.24, 2.45) is 0 Å². The van der Waals surface area contributed by atoms with Gasteiger partial charge in [0.2, 0.25) is 5.91 Å². The van der Waals surface area contributed by atoms with Crippen molar-refractivity contribution in [3.63, 3.8) is 0 Å². The fourth-order valence-corrected chi connectivity index (χ4v) is 5.68. The molecule has 0 saturated carbocycles. The maximum atomic E-state index is 11.9. The number of aryl methyl sites for hydroxylation is 1. The molecule has 2 heterocycles. The van der Waals surface area contributed by atoms with Crippen molar-refractivity contribution in [2.45, 2.75) is 38.6 Å². The Kier molecular flexibility index (Phi) is 5.99. The van der Waals surface area contributed by atoms with Gasteiger partial charge >= 0.3 is 0 Å². The number of nitrogens with one attached hydrogen (secondary N) is 1. The molecule has 1 aliphatic carbocycles. The number of morpholine rings is 1. The summed E-state index contributed by atoms with van der Waals surface area (Å²) in [6.07, 6.45) is 4.66. The summed E-state index contributed by atoms with van der Waals surface area (Å²) in [6, 6.07) is 8.49. The molecule has 1 fully saturated rings. The monoisotopic (exact) mass is 400 g/mol. The van der Waals surface area contributed by atoms with E-state index >= 15 is 0 Å². The number of fused-ring (bicyclic) bond motifs is 1. The van der Waals surface area contributed by atoms with Crippen molar-refractivity contribution >= 4 is 22.2 Å². The second kappa shape index (κ2) is 8.64. The summed E-state index contributed by atoms with van der Waals surface area (Å²) >= 11 is 1.77. The van der Waals surface area contributed by atoms with Crippen molar-refractivity contribution in [1.82, 2.24) is 4.90 Å². The molecule has 2 aliphatic rings. The van der Waals surface area contributed by atoms with E-state index in [9.17, 15) is 4.79 Å². The van der Waals surface area contributed by atoms with Gasteiger partial charge in [-0.2, -0.15) is 0 Å². The van der Waals surface area contributed by atoms with Gasteiger partial charge in [0.1, 0.15) is 10.8 Å². The molecular weight excluding hydrogens is 372 g/mol. The van der Waals surface area contributed by atoms with Crippen molar-refractivity contribution in [1.29, 1.82) is 0 Å². The summed E-state index contributed by atoms with van der Waals surface area (Å²) in [6.45, 7) is 4.87. The zero-order valence-corrected chi connectivity index (χ0v) is 17.4. The number of nitrogens with zero attached hydrogens (tertiary/aromatic N) is 1. The average Bonchev–Trinajstić information content (AvgIpc) is 3.07. The molecule has 1 aromatic heterocycles. The molecule has 150 valence electrons. The summed E-state index contributed by atoms with van der Waals surface area (Å²) in [7, 11) is 1.69. The quantitative estimate of drug-likeness (QED) is 0.824. The van der Waals surface area contributed by atoms with Crippen molar-refractivity contribution in [3.05, 3.63) is 45.8 Å². The minimum atomic E-state index is -0.00435. The van der Waals surface area contributed by atoms with E-state index in [0.717, 1.165) is 49.9 Å². The maximum absolute atomic E-state index is 11.9. The van der Waals surface area contributed by atoms with Crippen LogP contribution in [0.4, 0.5) is 5.00 Å². The third-order valence-electron chi connectivity index (χ3n) is 5.62. The Morgan fingerprint density at radius 1 is 1.18 bits per heavy atom. The van der Waals surface area contributed by atoms with Gasteiger partial charge in [0.05, 0.1) is 26.4 Å². The molecule has 1 aliphatic heterocycles. The van der Waals surface area contributed by atoms with E-state index in [4.69, 9.17) is 9.47 Å². The fourth-order valence-electron chi connectivity index (χ4n) is 4.31. The van der Waals surface area contributed by atoms with Crippen LogP contribution in [0.25, 0.3) is 0 Å². The Bertz CT molecular complexity index is 825. The van der Waals surface area contributed by atoms with E-state index in [1.54, 1.807) is 25.4 Å². The van der Waals surface area contributed by atoms with Gasteiger partial charge in [-0.15, -0.1) is 11.3 Å². The Labute approximate surface area is 170 Å². The largest absolute Gasteiger partial charge is 0.497 e. The summed E-state index contributed by atoms with van der Waals surface area (Å²) < 4.78 is 11.0. The Hall–Kier alpha value is -1.89. The van der Waals surface area contributed by atoms with Crippen LogP contribution in [0.2, 0.25) is 0 Å². The van der Waals surface area contributed by atoms with Crippen LogP contribution in [0.5, 0.6) is 5.75 Å². The van der Waals surface area contributed by atoms with Crippen LogP contribution in [0.1, 0.15) is 47.4 Å². The highest BCUT2D eigenvalue weighted by Crippen LogP contribution is 2.45. The van der Waals surface area contributed by atoms with Crippen LogP contribution < -0.4 is 10.1 Å². The van der Waals surface area contributed by atoms with Gasteiger partial charge in [-0.1, -0.05) is 12.1 Å². The molecule has 0 spiro atoms. The van der Waals surface area contributed by atoms with Gasteiger partial charge in [0.25, 0.3) is 0 Å². The number of hydrogen-bond donors (Lipinski definition) is 1. The van der Waals surface area contributed by atoms with Crippen LogP contribution in [-0.2, 0) is 22.4 Å². The zero-order valence-electron chi connectivity index (χ0n) is 16.6. The summed E-state index contributed by atoms with van der Waals surface area (Å²) in [5.74, 6) is 0.856. The van der Waals surface area contributed by atoms with E-state index < -0.39 is 0 Å². The smallest absolute Gasteiger partial charge is 0.221 e. The molecule has 0 bridgehead atoms. The Morgan fingerprint density at radius 3 is 2.57 bits per heavy atom. The summed E-state index contributed by atoms with van der Waals surface area (Å²) in [5.41, 5.74) is 3.98. The first-order valence-corrected chi connectivity index (χ1v) is 10.9.